The van der Waals surface area contributed by atoms with Gasteiger partial charge in [0.05, 0.1) is 0 Å². The fourth-order valence-corrected chi connectivity index (χ4v) is 1.25. The molecule has 3 heteroatoms. The van der Waals surface area contributed by atoms with E-state index in [0.717, 1.165) is 11.1 Å². The van der Waals surface area contributed by atoms with Crippen LogP contribution in [0.15, 0.2) is 24.3 Å². The fourth-order valence-electron chi connectivity index (χ4n) is 1.25. The number of nitrogens with two attached hydrogens (primary N) is 1. The highest BCUT2D eigenvalue weighted by atomic mass is 16.5. The normalized spacial score (nSPS) is 12.5. The lowest BCUT2D eigenvalue weighted by Gasteiger charge is -2.11. The first-order valence-corrected chi connectivity index (χ1v) is 4.04. The molecule has 0 aliphatic rings. The molecule has 0 aromatic heterocycles. The van der Waals surface area contributed by atoms with E-state index in [1.165, 1.54) is 7.11 Å². The molecule has 0 saturated carbocycles. The van der Waals surface area contributed by atoms with E-state index in [1.807, 2.05) is 31.2 Å². The largest absolute Gasteiger partial charge is 0.367 e. The van der Waals surface area contributed by atoms with Gasteiger partial charge in [-0.05, 0) is 12.5 Å². The monoisotopic (exact) mass is 179 g/mol. The van der Waals surface area contributed by atoms with Gasteiger partial charge in [0.1, 0.15) is 0 Å². The Bertz CT molecular complexity index is 310. The lowest BCUT2D eigenvalue weighted by atomic mass is 10.1. The van der Waals surface area contributed by atoms with Crippen molar-refractivity contribution in [1.82, 2.24) is 0 Å². The van der Waals surface area contributed by atoms with E-state index in [1.54, 1.807) is 0 Å². The summed E-state index contributed by atoms with van der Waals surface area (Å²) in [5, 5.41) is 0. The van der Waals surface area contributed by atoms with Gasteiger partial charge < -0.3 is 10.5 Å². The second-order valence-corrected chi connectivity index (χ2v) is 2.93. The van der Waals surface area contributed by atoms with Gasteiger partial charge in [-0.2, -0.15) is 0 Å². The van der Waals surface area contributed by atoms with Crippen LogP contribution in [0.3, 0.4) is 0 Å². The third-order valence-corrected chi connectivity index (χ3v) is 1.84. The maximum atomic E-state index is 10.9. The lowest BCUT2D eigenvalue weighted by Crippen LogP contribution is -2.22. The average molecular weight is 179 g/mol. The Hall–Kier alpha value is -1.35. The van der Waals surface area contributed by atoms with E-state index in [2.05, 4.69) is 0 Å². The molecule has 1 rings (SSSR count). The van der Waals surface area contributed by atoms with E-state index in [4.69, 9.17) is 10.5 Å². The van der Waals surface area contributed by atoms with E-state index >= 15 is 0 Å². The topological polar surface area (TPSA) is 52.3 Å². The number of benzene rings is 1. The molecule has 0 aliphatic heterocycles. The second-order valence-electron chi connectivity index (χ2n) is 2.93. The van der Waals surface area contributed by atoms with Crippen LogP contribution in [0.25, 0.3) is 0 Å². The number of carbonyl (C=O) groups excluding carboxylic acids is 1. The zero-order chi connectivity index (χ0) is 9.84. The van der Waals surface area contributed by atoms with Crippen molar-refractivity contribution in [2.75, 3.05) is 7.11 Å². The standard InChI is InChI=1S/C10H13NO2/c1-7-4-3-5-8(6-7)9(13-2)10(11)12/h3-6,9H,1-2H3,(H2,11,12). The SMILES string of the molecule is COC(C(N)=O)c1cccc(C)c1. The first-order chi connectivity index (χ1) is 6.15. The van der Waals surface area contributed by atoms with Gasteiger partial charge in [-0.3, -0.25) is 4.79 Å². The van der Waals surface area contributed by atoms with Crippen LogP contribution in [0.5, 0.6) is 0 Å². The molecule has 0 heterocycles. The minimum Gasteiger partial charge on any atom is -0.367 e. The Labute approximate surface area is 77.5 Å². The van der Waals surface area contributed by atoms with Gasteiger partial charge in [-0.1, -0.05) is 29.8 Å². The molecule has 0 aliphatic carbocycles. The van der Waals surface area contributed by atoms with E-state index in [0.29, 0.717) is 0 Å². The smallest absolute Gasteiger partial charge is 0.251 e. The molecule has 0 bridgehead atoms. The zero-order valence-corrected chi connectivity index (χ0v) is 7.78. The Kier molecular flexibility index (Phi) is 3.03. The number of primary amides is 1. The van der Waals surface area contributed by atoms with Crippen molar-refractivity contribution >= 4 is 5.91 Å². The van der Waals surface area contributed by atoms with Crippen LogP contribution in [0.2, 0.25) is 0 Å². The summed E-state index contributed by atoms with van der Waals surface area (Å²) in [5.74, 6) is -0.465. The summed E-state index contributed by atoms with van der Waals surface area (Å²) < 4.78 is 4.98. The Morgan fingerprint density at radius 3 is 2.69 bits per heavy atom. The second kappa shape index (κ2) is 4.05. The van der Waals surface area contributed by atoms with E-state index in [-0.39, 0.29) is 0 Å². The first-order valence-electron chi connectivity index (χ1n) is 4.04. The van der Waals surface area contributed by atoms with Crippen LogP contribution in [-0.2, 0) is 9.53 Å². The molecular weight excluding hydrogens is 166 g/mol. The van der Waals surface area contributed by atoms with E-state index < -0.39 is 12.0 Å². The van der Waals surface area contributed by atoms with Crippen LogP contribution in [-0.4, -0.2) is 13.0 Å². The van der Waals surface area contributed by atoms with Crippen molar-refractivity contribution in [3.63, 3.8) is 0 Å². The third kappa shape index (κ3) is 2.29. The summed E-state index contributed by atoms with van der Waals surface area (Å²) in [4.78, 5) is 10.9. The number of methoxy groups -OCH3 is 1. The maximum Gasteiger partial charge on any atom is 0.251 e. The molecule has 0 spiro atoms. The van der Waals surface area contributed by atoms with Gasteiger partial charge in [-0.15, -0.1) is 0 Å². The molecular formula is C10H13NO2. The number of hydrogen-bond donors (Lipinski definition) is 1. The number of ether oxygens (including phenoxy) is 1. The summed E-state index contributed by atoms with van der Waals surface area (Å²) in [6, 6.07) is 7.54. The number of amides is 1. The van der Waals surface area contributed by atoms with Crippen LogP contribution < -0.4 is 5.73 Å². The first kappa shape index (κ1) is 9.74. The molecule has 13 heavy (non-hydrogen) atoms. The van der Waals surface area contributed by atoms with Crippen molar-refractivity contribution in [2.24, 2.45) is 5.73 Å². The predicted molar refractivity (Wildman–Crippen MR) is 50.1 cm³/mol. The average Bonchev–Trinajstić information content (AvgIpc) is 2.04. The van der Waals surface area contributed by atoms with Crippen molar-refractivity contribution in [3.8, 4) is 0 Å². The minimum absolute atomic E-state index is 0.465. The Morgan fingerprint density at radius 1 is 1.54 bits per heavy atom. The van der Waals surface area contributed by atoms with Gasteiger partial charge >= 0.3 is 0 Å². The Balaban J connectivity index is 2.98. The highest BCUT2D eigenvalue weighted by Crippen LogP contribution is 2.16. The van der Waals surface area contributed by atoms with Crippen LogP contribution in [0.1, 0.15) is 17.2 Å². The summed E-state index contributed by atoms with van der Waals surface area (Å²) >= 11 is 0. The van der Waals surface area contributed by atoms with Crippen LogP contribution in [0, 0.1) is 6.92 Å². The van der Waals surface area contributed by atoms with Crippen molar-refractivity contribution in [1.29, 1.82) is 0 Å². The maximum absolute atomic E-state index is 10.9. The molecule has 1 amide bonds. The number of aryl methyl sites for hydroxylation is 1. The number of rotatable bonds is 3. The van der Waals surface area contributed by atoms with Crippen molar-refractivity contribution in [2.45, 2.75) is 13.0 Å². The molecule has 3 nitrogen and oxygen atoms in total. The minimum atomic E-state index is -0.639. The highest BCUT2D eigenvalue weighted by molar-refractivity contribution is 5.80. The van der Waals surface area contributed by atoms with Crippen LogP contribution in [0.4, 0.5) is 0 Å². The molecule has 1 aromatic carbocycles. The summed E-state index contributed by atoms with van der Waals surface area (Å²) in [6.07, 6.45) is -0.639. The van der Waals surface area contributed by atoms with Gasteiger partial charge in [0.15, 0.2) is 6.10 Å². The molecule has 1 unspecified atom stereocenters. The summed E-state index contributed by atoms with van der Waals surface area (Å²) in [5.41, 5.74) is 7.05. The molecule has 1 atom stereocenters. The molecule has 2 N–H and O–H groups in total. The molecule has 0 radical (unpaired) electrons. The van der Waals surface area contributed by atoms with Gasteiger partial charge in [-0.25, -0.2) is 0 Å². The van der Waals surface area contributed by atoms with Gasteiger partial charge in [0, 0.05) is 7.11 Å². The molecule has 0 saturated heterocycles. The highest BCUT2D eigenvalue weighted by Gasteiger charge is 2.15. The molecule has 1 aromatic rings. The lowest BCUT2D eigenvalue weighted by molar-refractivity contribution is -0.128. The quantitative estimate of drug-likeness (QED) is 0.757. The van der Waals surface area contributed by atoms with Gasteiger partial charge in [0.2, 0.25) is 0 Å². The third-order valence-electron chi connectivity index (χ3n) is 1.84. The summed E-state index contributed by atoms with van der Waals surface area (Å²) in [7, 11) is 1.47. The molecule has 0 fully saturated rings. The molecule has 70 valence electrons. The number of hydrogen-bond acceptors (Lipinski definition) is 2. The Morgan fingerprint density at radius 2 is 2.23 bits per heavy atom. The summed E-state index contributed by atoms with van der Waals surface area (Å²) in [6.45, 7) is 1.96. The van der Waals surface area contributed by atoms with E-state index in [9.17, 15) is 4.79 Å². The predicted octanol–water partition coefficient (Wildman–Crippen LogP) is 1.17. The zero-order valence-electron chi connectivity index (χ0n) is 7.78. The van der Waals surface area contributed by atoms with Crippen molar-refractivity contribution in [3.05, 3.63) is 35.4 Å². The fraction of sp³-hybridized carbons (Fsp3) is 0.300. The van der Waals surface area contributed by atoms with Gasteiger partial charge in [0.25, 0.3) is 5.91 Å². The van der Waals surface area contributed by atoms with Crippen LogP contribution >= 0.6 is 0 Å². The number of carbonyl (C=O) groups is 1. The van der Waals surface area contributed by atoms with Crippen molar-refractivity contribution < 1.29 is 9.53 Å².